The van der Waals surface area contributed by atoms with Gasteiger partial charge in [-0.05, 0) is 18.6 Å². The normalized spacial score (nSPS) is 15.4. The SMILES string of the molecule is COc1ccc(C)c2sc(N3CCOCC3)nc12.Cl. The average Bonchev–Trinajstić information content (AvgIpc) is 2.86. The van der Waals surface area contributed by atoms with Crippen molar-refractivity contribution in [3.05, 3.63) is 17.7 Å². The Morgan fingerprint density at radius 1 is 1.32 bits per heavy atom. The number of hydrogen-bond donors (Lipinski definition) is 0. The standard InChI is InChI=1S/C13H16N2O2S.ClH/c1-9-3-4-10(16-2)11-12(9)18-13(14-11)15-5-7-17-8-6-15;/h3-4H,5-8H2,1-2H3;1H. The minimum absolute atomic E-state index is 0. The van der Waals surface area contributed by atoms with Gasteiger partial charge in [-0.2, -0.15) is 0 Å². The quantitative estimate of drug-likeness (QED) is 0.854. The molecule has 2 heterocycles. The molecule has 6 heteroatoms. The molecular formula is C13H17ClN2O2S. The first-order chi connectivity index (χ1) is 8.79. The van der Waals surface area contributed by atoms with Crippen molar-refractivity contribution in [2.24, 2.45) is 0 Å². The Morgan fingerprint density at radius 2 is 2.05 bits per heavy atom. The van der Waals surface area contributed by atoms with Crippen LogP contribution in [-0.2, 0) is 4.74 Å². The number of morpholine rings is 1. The predicted molar refractivity (Wildman–Crippen MR) is 81.2 cm³/mol. The van der Waals surface area contributed by atoms with Gasteiger partial charge in [-0.25, -0.2) is 4.98 Å². The van der Waals surface area contributed by atoms with Gasteiger partial charge in [0.2, 0.25) is 0 Å². The first kappa shape index (κ1) is 14.4. The van der Waals surface area contributed by atoms with Crippen molar-refractivity contribution < 1.29 is 9.47 Å². The fourth-order valence-electron chi connectivity index (χ4n) is 2.15. The van der Waals surface area contributed by atoms with E-state index in [0.717, 1.165) is 42.7 Å². The molecule has 3 rings (SSSR count). The summed E-state index contributed by atoms with van der Waals surface area (Å²) in [5, 5.41) is 1.07. The molecule has 1 saturated heterocycles. The third kappa shape index (κ3) is 2.63. The fraction of sp³-hybridized carbons (Fsp3) is 0.462. The molecule has 1 aliphatic heterocycles. The molecule has 0 saturated carbocycles. The number of ether oxygens (including phenoxy) is 2. The number of fused-ring (bicyclic) bond motifs is 1. The van der Waals surface area contributed by atoms with Gasteiger partial charge in [0.05, 0.1) is 25.0 Å². The number of hydrogen-bond acceptors (Lipinski definition) is 5. The Balaban J connectivity index is 0.00000133. The summed E-state index contributed by atoms with van der Waals surface area (Å²) in [7, 11) is 1.69. The minimum Gasteiger partial charge on any atom is -0.494 e. The third-order valence-corrected chi connectivity index (χ3v) is 4.45. The second-order valence-corrected chi connectivity index (χ2v) is 5.34. The van der Waals surface area contributed by atoms with Gasteiger partial charge in [-0.1, -0.05) is 17.4 Å². The smallest absolute Gasteiger partial charge is 0.186 e. The van der Waals surface area contributed by atoms with Gasteiger partial charge in [0.25, 0.3) is 0 Å². The lowest BCUT2D eigenvalue weighted by Gasteiger charge is -2.25. The van der Waals surface area contributed by atoms with Gasteiger partial charge < -0.3 is 14.4 Å². The second-order valence-electron chi connectivity index (χ2n) is 4.36. The van der Waals surface area contributed by atoms with Crippen LogP contribution in [0.5, 0.6) is 5.75 Å². The molecule has 4 nitrogen and oxygen atoms in total. The maximum Gasteiger partial charge on any atom is 0.186 e. The van der Waals surface area contributed by atoms with Gasteiger partial charge in [-0.3, -0.25) is 0 Å². The first-order valence-corrected chi connectivity index (χ1v) is 6.88. The van der Waals surface area contributed by atoms with E-state index in [2.05, 4.69) is 17.9 Å². The summed E-state index contributed by atoms with van der Waals surface area (Å²) in [6.45, 7) is 5.52. The summed E-state index contributed by atoms with van der Waals surface area (Å²) in [5.41, 5.74) is 2.23. The summed E-state index contributed by atoms with van der Waals surface area (Å²) in [5.74, 6) is 0.853. The van der Waals surface area contributed by atoms with Crippen molar-refractivity contribution in [1.82, 2.24) is 4.98 Å². The minimum atomic E-state index is 0. The van der Waals surface area contributed by atoms with Crippen LogP contribution in [0, 0.1) is 6.92 Å². The molecule has 0 amide bonds. The number of benzene rings is 1. The second kappa shape index (κ2) is 5.94. The highest BCUT2D eigenvalue weighted by Gasteiger charge is 2.17. The van der Waals surface area contributed by atoms with Crippen LogP contribution in [-0.4, -0.2) is 38.4 Å². The zero-order valence-electron chi connectivity index (χ0n) is 11.0. The van der Waals surface area contributed by atoms with E-state index in [1.54, 1.807) is 18.4 Å². The van der Waals surface area contributed by atoms with E-state index in [1.165, 1.54) is 10.3 Å². The molecule has 0 radical (unpaired) electrons. The van der Waals surface area contributed by atoms with Gasteiger partial charge >= 0.3 is 0 Å². The van der Waals surface area contributed by atoms with E-state index in [9.17, 15) is 0 Å². The number of aromatic nitrogens is 1. The van der Waals surface area contributed by atoms with Crippen molar-refractivity contribution in [3.8, 4) is 5.75 Å². The molecule has 0 bridgehead atoms. The highest BCUT2D eigenvalue weighted by molar-refractivity contribution is 7.22. The molecule has 1 aliphatic rings. The highest BCUT2D eigenvalue weighted by Crippen LogP contribution is 2.36. The summed E-state index contributed by atoms with van der Waals surface area (Å²) in [6.07, 6.45) is 0. The van der Waals surface area contributed by atoms with Crippen molar-refractivity contribution in [3.63, 3.8) is 0 Å². The number of aryl methyl sites for hydroxylation is 1. The van der Waals surface area contributed by atoms with Crippen LogP contribution in [0.25, 0.3) is 10.2 Å². The van der Waals surface area contributed by atoms with Crippen molar-refractivity contribution >= 4 is 39.1 Å². The maximum atomic E-state index is 5.38. The van der Waals surface area contributed by atoms with Gasteiger partial charge in [0.1, 0.15) is 11.3 Å². The number of halogens is 1. The molecule has 0 aliphatic carbocycles. The van der Waals surface area contributed by atoms with Gasteiger partial charge in [-0.15, -0.1) is 12.4 Å². The molecule has 19 heavy (non-hydrogen) atoms. The molecule has 0 atom stereocenters. The van der Waals surface area contributed by atoms with E-state index in [4.69, 9.17) is 14.5 Å². The number of methoxy groups -OCH3 is 1. The summed E-state index contributed by atoms with van der Waals surface area (Å²) < 4.78 is 12.0. The van der Waals surface area contributed by atoms with Crippen molar-refractivity contribution in [1.29, 1.82) is 0 Å². The van der Waals surface area contributed by atoms with Crippen LogP contribution in [0.15, 0.2) is 12.1 Å². The molecule has 1 fully saturated rings. The first-order valence-electron chi connectivity index (χ1n) is 6.06. The van der Waals surface area contributed by atoms with Crippen LogP contribution >= 0.6 is 23.7 Å². The van der Waals surface area contributed by atoms with Gasteiger partial charge in [0.15, 0.2) is 5.13 Å². The van der Waals surface area contributed by atoms with Crippen LogP contribution in [0.2, 0.25) is 0 Å². The van der Waals surface area contributed by atoms with Crippen LogP contribution in [0.3, 0.4) is 0 Å². The molecule has 1 aromatic heterocycles. The van der Waals surface area contributed by atoms with E-state index < -0.39 is 0 Å². The number of thiazole rings is 1. The Labute approximate surface area is 122 Å². The molecule has 1 aromatic carbocycles. The van der Waals surface area contributed by atoms with Crippen LogP contribution in [0.1, 0.15) is 5.56 Å². The van der Waals surface area contributed by atoms with Crippen molar-refractivity contribution in [2.45, 2.75) is 6.92 Å². The lowest BCUT2D eigenvalue weighted by molar-refractivity contribution is 0.122. The van der Waals surface area contributed by atoms with Crippen molar-refractivity contribution in [2.75, 3.05) is 38.3 Å². The molecule has 2 aromatic rings. The summed E-state index contributed by atoms with van der Waals surface area (Å²) in [4.78, 5) is 7.02. The molecule has 104 valence electrons. The lowest BCUT2D eigenvalue weighted by atomic mass is 10.2. The Hall–Kier alpha value is -1.04. The number of anilines is 1. The Kier molecular flexibility index (Phi) is 4.50. The van der Waals surface area contributed by atoms with Crippen LogP contribution < -0.4 is 9.64 Å². The maximum absolute atomic E-state index is 5.38. The summed E-state index contributed by atoms with van der Waals surface area (Å²) in [6, 6.07) is 4.07. The lowest BCUT2D eigenvalue weighted by Crippen LogP contribution is -2.36. The molecule has 0 spiro atoms. The largest absolute Gasteiger partial charge is 0.494 e. The topological polar surface area (TPSA) is 34.6 Å². The Bertz CT molecular complexity index is 567. The molecular weight excluding hydrogens is 284 g/mol. The zero-order valence-corrected chi connectivity index (χ0v) is 12.6. The summed E-state index contributed by atoms with van der Waals surface area (Å²) >= 11 is 1.74. The van der Waals surface area contributed by atoms with Crippen LogP contribution in [0.4, 0.5) is 5.13 Å². The Morgan fingerprint density at radius 3 is 2.74 bits per heavy atom. The highest BCUT2D eigenvalue weighted by atomic mass is 35.5. The van der Waals surface area contributed by atoms with Gasteiger partial charge in [0, 0.05) is 13.1 Å². The zero-order chi connectivity index (χ0) is 12.5. The third-order valence-electron chi connectivity index (χ3n) is 3.19. The molecule has 0 N–H and O–H groups in total. The monoisotopic (exact) mass is 300 g/mol. The van der Waals surface area contributed by atoms with E-state index >= 15 is 0 Å². The molecule has 0 unspecified atom stereocenters. The number of rotatable bonds is 2. The number of nitrogens with zero attached hydrogens (tertiary/aromatic N) is 2. The van der Waals surface area contributed by atoms with E-state index in [1.807, 2.05) is 6.07 Å². The predicted octanol–water partition coefficient (Wildman–Crippen LogP) is 2.87. The van der Waals surface area contributed by atoms with E-state index in [0.29, 0.717) is 0 Å². The van der Waals surface area contributed by atoms with E-state index in [-0.39, 0.29) is 12.4 Å². The fourth-order valence-corrected chi connectivity index (χ4v) is 3.26. The average molecular weight is 301 g/mol.